The molecular formula is C23H29N5O. The van der Waals surface area contributed by atoms with Crippen LogP contribution in [0, 0.1) is 5.92 Å². The molecule has 0 radical (unpaired) electrons. The molecule has 3 heterocycles. The van der Waals surface area contributed by atoms with E-state index in [9.17, 15) is 4.79 Å². The molecular weight excluding hydrogens is 362 g/mol. The van der Waals surface area contributed by atoms with Crippen molar-refractivity contribution in [1.82, 2.24) is 19.7 Å². The summed E-state index contributed by atoms with van der Waals surface area (Å²) in [5.74, 6) is 0.361. The van der Waals surface area contributed by atoms with Crippen LogP contribution in [0.15, 0.2) is 47.7 Å². The molecule has 152 valence electrons. The van der Waals surface area contributed by atoms with E-state index in [1.165, 1.54) is 0 Å². The van der Waals surface area contributed by atoms with E-state index in [1.807, 2.05) is 39.2 Å². The molecule has 2 aliphatic rings. The van der Waals surface area contributed by atoms with Crippen LogP contribution < -0.4 is 0 Å². The number of piperidine rings is 1. The van der Waals surface area contributed by atoms with Crippen molar-refractivity contribution < 1.29 is 4.79 Å². The summed E-state index contributed by atoms with van der Waals surface area (Å²) in [6.45, 7) is 6.14. The average Bonchev–Trinajstić information content (AvgIpc) is 3.08. The Hall–Kier alpha value is -2.73. The predicted octanol–water partition coefficient (Wildman–Crippen LogP) is 3.46. The highest BCUT2D eigenvalue weighted by Crippen LogP contribution is 2.24. The molecule has 2 aliphatic heterocycles. The Kier molecular flexibility index (Phi) is 5.37. The van der Waals surface area contributed by atoms with Crippen LogP contribution >= 0.6 is 0 Å². The summed E-state index contributed by atoms with van der Waals surface area (Å²) in [7, 11) is 4.07. The lowest BCUT2D eigenvalue weighted by atomic mass is 9.91. The van der Waals surface area contributed by atoms with Crippen molar-refractivity contribution in [3.8, 4) is 0 Å². The van der Waals surface area contributed by atoms with Gasteiger partial charge in [-0.15, -0.1) is 0 Å². The molecule has 1 aromatic heterocycles. The molecule has 6 heteroatoms. The van der Waals surface area contributed by atoms with Crippen LogP contribution in [0.1, 0.15) is 32.3 Å². The third kappa shape index (κ3) is 4.17. The van der Waals surface area contributed by atoms with Gasteiger partial charge >= 0.3 is 0 Å². The first-order valence-electron chi connectivity index (χ1n) is 10.3. The van der Waals surface area contributed by atoms with Gasteiger partial charge < -0.3 is 4.90 Å². The third-order valence-electron chi connectivity index (χ3n) is 5.93. The van der Waals surface area contributed by atoms with Gasteiger partial charge in [0.05, 0.1) is 17.3 Å². The largest absolute Gasteiger partial charge is 0.306 e. The second-order valence-electron chi connectivity index (χ2n) is 8.29. The Labute approximate surface area is 172 Å². The van der Waals surface area contributed by atoms with Gasteiger partial charge in [-0.05, 0) is 76.2 Å². The first kappa shape index (κ1) is 19.6. The molecule has 1 saturated heterocycles. The molecule has 4 rings (SSSR count). The second kappa shape index (κ2) is 7.95. The second-order valence-corrected chi connectivity index (χ2v) is 8.29. The van der Waals surface area contributed by atoms with Crippen LogP contribution in [0.5, 0.6) is 0 Å². The van der Waals surface area contributed by atoms with Crippen LogP contribution in [0.25, 0.3) is 16.5 Å². The number of carbonyl (C=O) groups excluding carboxylic acids is 1. The summed E-state index contributed by atoms with van der Waals surface area (Å²) in [4.78, 5) is 15.4. The van der Waals surface area contributed by atoms with Crippen molar-refractivity contribution in [2.75, 3.05) is 20.1 Å². The zero-order valence-electron chi connectivity index (χ0n) is 17.7. The lowest BCUT2D eigenvalue weighted by molar-refractivity contribution is -0.127. The van der Waals surface area contributed by atoms with E-state index >= 15 is 0 Å². The van der Waals surface area contributed by atoms with E-state index in [-0.39, 0.29) is 11.9 Å². The molecule has 1 aromatic carbocycles. The van der Waals surface area contributed by atoms with E-state index in [4.69, 9.17) is 5.10 Å². The smallest absolute Gasteiger partial charge is 0.267 e. The molecule has 0 spiro atoms. The topological polar surface area (TPSA) is 53.7 Å². The number of allylic oxidation sites excluding steroid dienone is 2. The lowest BCUT2D eigenvalue weighted by Gasteiger charge is -2.32. The molecule has 0 N–H and O–H groups in total. The standard InChI is InChI=1S/C23H29N5O/c1-16(19-6-8-22-20(14-19)15-27(4)24-22)13-23(29)28-17(2)5-7-21(25-28)18-9-11-26(3)12-10-18/h5-8,13-15,17-18H,9-12H2,1-4H3/b16-13+. The van der Waals surface area contributed by atoms with Crippen molar-refractivity contribution in [1.29, 1.82) is 0 Å². The minimum absolute atomic E-state index is 0.0395. The molecule has 0 saturated carbocycles. The molecule has 1 atom stereocenters. The fourth-order valence-electron chi connectivity index (χ4n) is 4.07. The summed E-state index contributed by atoms with van der Waals surface area (Å²) in [5.41, 5.74) is 3.95. The summed E-state index contributed by atoms with van der Waals surface area (Å²) in [6, 6.07) is 6.05. The first-order chi connectivity index (χ1) is 13.9. The van der Waals surface area contributed by atoms with Crippen molar-refractivity contribution in [3.05, 3.63) is 48.2 Å². The fraction of sp³-hybridized carbons (Fsp3) is 0.435. The minimum atomic E-state index is -0.0731. The Morgan fingerprint density at radius 3 is 2.72 bits per heavy atom. The lowest BCUT2D eigenvalue weighted by Crippen LogP contribution is -2.39. The summed E-state index contributed by atoms with van der Waals surface area (Å²) in [6.07, 6.45) is 10.1. The fourth-order valence-corrected chi connectivity index (χ4v) is 4.07. The van der Waals surface area contributed by atoms with Gasteiger partial charge in [0.1, 0.15) is 0 Å². The molecule has 1 amide bonds. The molecule has 1 fully saturated rings. The van der Waals surface area contributed by atoms with Crippen LogP contribution in [0.2, 0.25) is 0 Å². The Morgan fingerprint density at radius 1 is 1.21 bits per heavy atom. The molecule has 0 aliphatic carbocycles. The van der Waals surface area contributed by atoms with Crippen LogP contribution in [-0.4, -0.2) is 57.5 Å². The van der Waals surface area contributed by atoms with Gasteiger partial charge in [0.25, 0.3) is 5.91 Å². The van der Waals surface area contributed by atoms with Gasteiger partial charge in [-0.1, -0.05) is 12.1 Å². The minimum Gasteiger partial charge on any atom is -0.306 e. The number of carbonyl (C=O) groups is 1. The zero-order valence-corrected chi connectivity index (χ0v) is 17.7. The van der Waals surface area contributed by atoms with Crippen LogP contribution in [-0.2, 0) is 11.8 Å². The average molecular weight is 392 g/mol. The number of benzene rings is 1. The van der Waals surface area contributed by atoms with Crippen molar-refractivity contribution in [3.63, 3.8) is 0 Å². The highest BCUT2D eigenvalue weighted by molar-refractivity contribution is 6.01. The van der Waals surface area contributed by atoms with E-state index in [1.54, 1.807) is 15.8 Å². The number of hydrogen-bond acceptors (Lipinski definition) is 4. The maximum absolute atomic E-state index is 13.0. The number of aromatic nitrogens is 2. The Bertz CT molecular complexity index is 1010. The van der Waals surface area contributed by atoms with E-state index < -0.39 is 0 Å². The number of hydrogen-bond donors (Lipinski definition) is 0. The highest BCUT2D eigenvalue weighted by Gasteiger charge is 2.26. The number of rotatable bonds is 3. The van der Waals surface area contributed by atoms with Gasteiger partial charge in [0.2, 0.25) is 0 Å². The van der Waals surface area contributed by atoms with Crippen LogP contribution in [0.4, 0.5) is 0 Å². The summed E-state index contributed by atoms with van der Waals surface area (Å²) >= 11 is 0. The predicted molar refractivity (Wildman–Crippen MR) is 117 cm³/mol. The number of nitrogens with zero attached hydrogens (tertiary/aromatic N) is 5. The number of aryl methyl sites for hydroxylation is 1. The zero-order chi connectivity index (χ0) is 20.5. The Morgan fingerprint density at radius 2 is 1.97 bits per heavy atom. The molecule has 2 aromatic rings. The highest BCUT2D eigenvalue weighted by atomic mass is 16.2. The van der Waals surface area contributed by atoms with Gasteiger partial charge in [0.15, 0.2) is 0 Å². The van der Waals surface area contributed by atoms with Gasteiger partial charge in [-0.25, -0.2) is 5.01 Å². The maximum Gasteiger partial charge on any atom is 0.267 e. The number of hydrazone groups is 1. The first-order valence-corrected chi connectivity index (χ1v) is 10.3. The van der Waals surface area contributed by atoms with E-state index in [0.29, 0.717) is 5.92 Å². The molecule has 29 heavy (non-hydrogen) atoms. The van der Waals surface area contributed by atoms with Gasteiger partial charge in [-0.2, -0.15) is 10.2 Å². The summed E-state index contributed by atoms with van der Waals surface area (Å²) < 4.78 is 1.81. The number of amides is 1. The summed E-state index contributed by atoms with van der Waals surface area (Å²) in [5, 5.41) is 11.9. The molecule has 1 unspecified atom stereocenters. The normalized spacial score (nSPS) is 21.7. The van der Waals surface area contributed by atoms with Gasteiger partial charge in [0, 0.05) is 30.6 Å². The monoisotopic (exact) mass is 391 g/mol. The maximum atomic E-state index is 13.0. The Balaban J connectivity index is 1.54. The SMILES string of the molecule is C/C(=C\C(=O)N1N=C(C2CCN(C)CC2)C=CC1C)c1ccc2nn(C)cc2c1. The van der Waals surface area contributed by atoms with Crippen molar-refractivity contribution in [2.24, 2.45) is 18.1 Å². The third-order valence-corrected chi connectivity index (χ3v) is 5.93. The van der Waals surface area contributed by atoms with Crippen LogP contribution in [0.3, 0.4) is 0 Å². The van der Waals surface area contributed by atoms with Crippen molar-refractivity contribution in [2.45, 2.75) is 32.7 Å². The number of fused-ring (bicyclic) bond motifs is 1. The quantitative estimate of drug-likeness (QED) is 0.753. The van der Waals surface area contributed by atoms with E-state index in [0.717, 1.165) is 53.7 Å². The van der Waals surface area contributed by atoms with Gasteiger partial charge in [-0.3, -0.25) is 9.48 Å². The molecule has 6 nitrogen and oxygen atoms in total. The number of likely N-dealkylation sites (tertiary alicyclic amines) is 1. The van der Waals surface area contributed by atoms with E-state index in [2.05, 4.69) is 35.3 Å². The van der Waals surface area contributed by atoms with Crippen molar-refractivity contribution >= 4 is 28.1 Å². The molecule has 0 bridgehead atoms.